The van der Waals surface area contributed by atoms with Crippen molar-refractivity contribution >= 4 is 11.6 Å². The van der Waals surface area contributed by atoms with E-state index in [4.69, 9.17) is 11.2 Å². The van der Waals surface area contributed by atoms with Crippen LogP contribution in [0.1, 0.15) is 0 Å². The van der Waals surface area contributed by atoms with Gasteiger partial charge in [0, 0.05) is 26.8 Å². The largest absolute Gasteiger partial charge is 0.383 e. The SMILES string of the molecule is C#CCNC(=O)Cn1ncc(N(C)CCOC)cc1=O. The summed E-state index contributed by atoms with van der Waals surface area (Å²) in [6, 6.07) is 1.43. The molecule has 7 heteroatoms. The van der Waals surface area contributed by atoms with Crippen molar-refractivity contribution in [1.29, 1.82) is 0 Å². The molecule has 20 heavy (non-hydrogen) atoms. The minimum atomic E-state index is -0.349. The third kappa shape index (κ3) is 4.74. The first-order valence-corrected chi connectivity index (χ1v) is 6.06. The summed E-state index contributed by atoms with van der Waals surface area (Å²) >= 11 is 0. The van der Waals surface area contributed by atoms with Gasteiger partial charge in [0.25, 0.3) is 5.56 Å². The maximum Gasteiger partial charge on any atom is 0.269 e. The van der Waals surface area contributed by atoms with Crippen molar-refractivity contribution in [2.75, 3.05) is 38.8 Å². The second-order valence-electron chi connectivity index (χ2n) is 4.10. The van der Waals surface area contributed by atoms with Gasteiger partial charge < -0.3 is 15.0 Å². The fraction of sp³-hybridized carbons (Fsp3) is 0.462. The van der Waals surface area contributed by atoms with E-state index >= 15 is 0 Å². The van der Waals surface area contributed by atoms with E-state index in [0.717, 1.165) is 4.68 Å². The van der Waals surface area contributed by atoms with Crippen LogP contribution in [0.5, 0.6) is 0 Å². The number of carbonyl (C=O) groups is 1. The Kier molecular flexibility index (Phi) is 6.26. The molecule has 1 heterocycles. The van der Waals surface area contributed by atoms with Gasteiger partial charge in [-0.3, -0.25) is 9.59 Å². The number of nitrogens with one attached hydrogen (secondary N) is 1. The molecule has 0 unspecified atom stereocenters. The highest BCUT2D eigenvalue weighted by atomic mass is 16.5. The van der Waals surface area contributed by atoms with Crippen LogP contribution >= 0.6 is 0 Å². The van der Waals surface area contributed by atoms with Gasteiger partial charge >= 0.3 is 0 Å². The molecule has 1 N–H and O–H groups in total. The topological polar surface area (TPSA) is 76.5 Å². The number of ether oxygens (including phenoxy) is 1. The van der Waals surface area contributed by atoms with Crippen molar-refractivity contribution in [2.45, 2.75) is 6.54 Å². The molecule has 0 aromatic carbocycles. The molecule has 0 fully saturated rings. The summed E-state index contributed by atoms with van der Waals surface area (Å²) in [5, 5.41) is 6.44. The van der Waals surface area contributed by atoms with E-state index in [9.17, 15) is 9.59 Å². The molecular weight excluding hydrogens is 260 g/mol. The predicted octanol–water partition coefficient (Wildman–Crippen LogP) is -0.925. The lowest BCUT2D eigenvalue weighted by molar-refractivity contribution is -0.121. The molecule has 0 radical (unpaired) electrons. The lowest BCUT2D eigenvalue weighted by Gasteiger charge is -2.18. The number of methoxy groups -OCH3 is 1. The lowest BCUT2D eigenvalue weighted by Crippen LogP contribution is -2.34. The van der Waals surface area contributed by atoms with Crippen molar-refractivity contribution < 1.29 is 9.53 Å². The number of aromatic nitrogens is 2. The van der Waals surface area contributed by atoms with E-state index < -0.39 is 0 Å². The molecule has 7 nitrogen and oxygen atoms in total. The third-order valence-electron chi connectivity index (χ3n) is 2.61. The number of anilines is 1. The summed E-state index contributed by atoms with van der Waals surface area (Å²) in [5.74, 6) is 1.94. The zero-order chi connectivity index (χ0) is 15.0. The van der Waals surface area contributed by atoms with Gasteiger partial charge in [0.15, 0.2) is 0 Å². The van der Waals surface area contributed by atoms with Crippen molar-refractivity contribution in [3.05, 3.63) is 22.6 Å². The highest BCUT2D eigenvalue weighted by Crippen LogP contribution is 2.05. The number of nitrogens with zero attached hydrogens (tertiary/aromatic N) is 3. The Hall–Kier alpha value is -2.33. The van der Waals surface area contributed by atoms with Crippen LogP contribution in [-0.2, 0) is 16.1 Å². The first-order valence-electron chi connectivity index (χ1n) is 6.06. The zero-order valence-electron chi connectivity index (χ0n) is 11.6. The molecule has 108 valence electrons. The highest BCUT2D eigenvalue weighted by Gasteiger charge is 2.07. The number of rotatable bonds is 7. The van der Waals surface area contributed by atoms with Crippen molar-refractivity contribution in [2.24, 2.45) is 0 Å². The van der Waals surface area contributed by atoms with Gasteiger partial charge in [-0.15, -0.1) is 6.42 Å². The Morgan fingerprint density at radius 2 is 2.40 bits per heavy atom. The molecule has 0 aliphatic carbocycles. The van der Waals surface area contributed by atoms with Gasteiger partial charge in [-0.2, -0.15) is 5.10 Å². The number of likely N-dealkylation sites (N-methyl/N-ethyl adjacent to an activating group) is 1. The van der Waals surface area contributed by atoms with Crippen LogP contribution in [0.25, 0.3) is 0 Å². The average molecular weight is 278 g/mol. The van der Waals surface area contributed by atoms with Crippen LogP contribution in [0, 0.1) is 12.3 Å². The number of carbonyl (C=O) groups excluding carboxylic acids is 1. The molecule has 0 saturated carbocycles. The second kappa shape index (κ2) is 7.96. The van der Waals surface area contributed by atoms with Gasteiger partial charge in [-0.25, -0.2) is 4.68 Å². The van der Waals surface area contributed by atoms with Gasteiger partial charge in [0.05, 0.1) is 25.0 Å². The van der Waals surface area contributed by atoms with Gasteiger partial charge in [0.2, 0.25) is 5.91 Å². The summed E-state index contributed by atoms with van der Waals surface area (Å²) in [6.07, 6.45) is 6.56. The number of amides is 1. The molecular formula is C13H18N4O3. The smallest absolute Gasteiger partial charge is 0.269 e. The molecule has 0 bridgehead atoms. The quantitative estimate of drug-likeness (QED) is 0.653. The zero-order valence-corrected chi connectivity index (χ0v) is 11.6. The number of hydrogen-bond acceptors (Lipinski definition) is 5. The minimum absolute atomic E-state index is 0.130. The van der Waals surface area contributed by atoms with E-state index in [-0.39, 0.29) is 24.6 Å². The highest BCUT2D eigenvalue weighted by molar-refractivity contribution is 5.75. The first kappa shape index (κ1) is 15.7. The molecule has 1 amide bonds. The maximum atomic E-state index is 11.8. The average Bonchev–Trinajstić information content (AvgIpc) is 2.44. The van der Waals surface area contributed by atoms with Gasteiger partial charge in [-0.05, 0) is 0 Å². The van der Waals surface area contributed by atoms with Crippen molar-refractivity contribution in [3.8, 4) is 12.3 Å². The number of hydrogen-bond donors (Lipinski definition) is 1. The standard InChI is InChI=1S/C13H18N4O3/c1-4-5-14-12(18)10-17-13(19)8-11(9-15-17)16(2)6-7-20-3/h1,8-9H,5-7,10H2,2-3H3,(H,14,18). The Morgan fingerprint density at radius 1 is 1.65 bits per heavy atom. The molecule has 0 aliphatic rings. The van der Waals surface area contributed by atoms with E-state index in [1.54, 1.807) is 7.11 Å². The lowest BCUT2D eigenvalue weighted by atomic mass is 10.4. The van der Waals surface area contributed by atoms with E-state index in [1.165, 1.54) is 12.3 Å². The van der Waals surface area contributed by atoms with Crippen LogP contribution < -0.4 is 15.8 Å². The predicted molar refractivity (Wildman–Crippen MR) is 75.5 cm³/mol. The van der Waals surface area contributed by atoms with E-state index in [2.05, 4.69) is 16.3 Å². The Balaban J connectivity index is 2.71. The van der Waals surface area contributed by atoms with Gasteiger partial charge in [0.1, 0.15) is 6.54 Å². The maximum absolute atomic E-state index is 11.8. The van der Waals surface area contributed by atoms with E-state index in [1.807, 2.05) is 11.9 Å². The Labute approximate surface area is 117 Å². The molecule has 1 aromatic rings. The van der Waals surface area contributed by atoms with Crippen LogP contribution in [0.15, 0.2) is 17.1 Å². The summed E-state index contributed by atoms with van der Waals surface area (Å²) in [7, 11) is 3.44. The van der Waals surface area contributed by atoms with E-state index in [0.29, 0.717) is 18.8 Å². The van der Waals surface area contributed by atoms with Crippen molar-refractivity contribution in [3.63, 3.8) is 0 Å². The molecule has 0 aliphatic heterocycles. The minimum Gasteiger partial charge on any atom is -0.383 e. The fourth-order valence-corrected chi connectivity index (χ4v) is 1.45. The first-order chi connectivity index (χ1) is 9.58. The molecule has 1 rings (SSSR count). The summed E-state index contributed by atoms with van der Waals surface area (Å²) in [4.78, 5) is 25.1. The number of terminal acetylenes is 1. The van der Waals surface area contributed by atoms with Crippen molar-refractivity contribution in [1.82, 2.24) is 15.1 Å². The molecule has 0 saturated heterocycles. The van der Waals surface area contributed by atoms with Crippen LogP contribution in [0.2, 0.25) is 0 Å². The Morgan fingerprint density at radius 3 is 3.00 bits per heavy atom. The Bertz CT molecular complexity index is 547. The fourth-order valence-electron chi connectivity index (χ4n) is 1.45. The monoisotopic (exact) mass is 278 g/mol. The van der Waals surface area contributed by atoms with Crippen LogP contribution in [-0.4, -0.2) is 49.5 Å². The summed E-state index contributed by atoms with van der Waals surface area (Å²) in [5.41, 5.74) is 0.329. The van der Waals surface area contributed by atoms with Crippen LogP contribution in [0.4, 0.5) is 5.69 Å². The second-order valence-corrected chi connectivity index (χ2v) is 4.10. The summed E-state index contributed by atoms with van der Waals surface area (Å²) < 4.78 is 6.05. The molecule has 0 atom stereocenters. The van der Waals surface area contributed by atoms with Crippen LogP contribution in [0.3, 0.4) is 0 Å². The normalized spacial score (nSPS) is 9.85. The molecule has 1 aromatic heterocycles. The van der Waals surface area contributed by atoms with Gasteiger partial charge in [-0.1, -0.05) is 5.92 Å². The summed E-state index contributed by atoms with van der Waals surface area (Å²) in [6.45, 7) is 1.17. The third-order valence-corrected chi connectivity index (χ3v) is 2.61. The molecule has 0 spiro atoms.